The van der Waals surface area contributed by atoms with E-state index in [2.05, 4.69) is 24.5 Å². The third kappa shape index (κ3) is 1.99. The van der Waals surface area contributed by atoms with Crippen LogP contribution >= 0.6 is 11.8 Å². The molecular weight excluding hydrogens is 232 g/mol. The summed E-state index contributed by atoms with van der Waals surface area (Å²) in [5.74, 6) is 1.61. The van der Waals surface area contributed by atoms with Gasteiger partial charge < -0.3 is 5.32 Å². The molecule has 0 aromatic carbocycles. The van der Waals surface area contributed by atoms with Crippen LogP contribution in [0.4, 0.5) is 0 Å². The van der Waals surface area contributed by atoms with Crippen LogP contribution in [-0.4, -0.2) is 22.7 Å². The Hall–Kier alpha value is -0.220. The maximum absolute atomic E-state index is 12.3. The van der Waals surface area contributed by atoms with Crippen LogP contribution in [-0.2, 0) is 4.79 Å². The molecule has 5 atom stereocenters. The van der Waals surface area contributed by atoms with Gasteiger partial charge >= 0.3 is 0 Å². The van der Waals surface area contributed by atoms with Crippen LogP contribution in [0.2, 0.25) is 0 Å². The Kier molecular flexibility index (Phi) is 3.11. The summed E-state index contributed by atoms with van der Waals surface area (Å²) in [5, 5.41) is 7.88. The molecule has 1 aliphatic carbocycles. The molecular formula is C13H22N2OS. The summed E-state index contributed by atoms with van der Waals surface area (Å²) in [6, 6.07) is 0. The summed E-state index contributed by atoms with van der Waals surface area (Å²) in [7, 11) is 0. The summed E-state index contributed by atoms with van der Waals surface area (Å²) in [6.07, 6.45) is 5.38. The SMILES string of the molecule is CC(C)C1NC(=O)C2C(N1)SC1CCCCC12. The number of rotatable bonds is 1. The number of hydrogen-bond acceptors (Lipinski definition) is 3. The van der Waals surface area contributed by atoms with Crippen molar-refractivity contribution in [1.29, 1.82) is 0 Å². The van der Waals surface area contributed by atoms with Crippen LogP contribution in [0.3, 0.4) is 0 Å². The van der Waals surface area contributed by atoms with E-state index in [0.29, 0.717) is 23.1 Å². The number of amides is 1. The molecule has 3 aliphatic rings. The zero-order chi connectivity index (χ0) is 12.0. The predicted octanol–water partition coefficient (Wildman–Crippen LogP) is 1.94. The molecule has 96 valence electrons. The van der Waals surface area contributed by atoms with Gasteiger partial charge in [0.25, 0.3) is 0 Å². The van der Waals surface area contributed by atoms with E-state index in [0.717, 1.165) is 5.25 Å². The van der Waals surface area contributed by atoms with E-state index < -0.39 is 0 Å². The van der Waals surface area contributed by atoms with E-state index in [9.17, 15) is 4.79 Å². The van der Waals surface area contributed by atoms with Crippen molar-refractivity contribution in [2.45, 2.75) is 56.3 Å². The maximum atomic E-state index is 12.3. The van der Waals surface area contributed by atoms with Gasteiger partial charge in [-0.05, 0) is 24.7 Å². The Bertz CT molecular complexity index is 321. The number of fused-ring (bicyclic) bond motifs is 3. The predicted molar refractivity (Wildman–Crippen MR) is 70.5 cm³/mol. The monoisotopic (exact) mass is 254 g/mol. The van der Waals surface area contributed by atoms with Gasteiger partial charge in [0.15, 0.2) is 0 Å². The fraction of sp³-hybridized carbons (Fsp3) is 0.923. The molecule has 1 saturated carbocycles. The highest BCUT2D eigenvalue weighted by Crippen LogP contribution is 2.50. The number of carbonyl (C=O) groups is 1. The fourth-order valence-corrected chi connectivity index (χ4v) is 5.41. The molecule has 2 aliphatic heterocycles. The van der Waals surface area contributed by atoms with E-state index in [1.54, 1.807) is 0 Å². The van der Waals surface area contributed by atoms with Gasteiger partial charge in [0.1, 0.15) is 0 Å². The highest BCUT2D eigenvalue weighted by molar-refractivity contribution is 8.00. The Labute approximate surface area is 107 Å². The van der Waals surface area contributed by atoms with Gasteiger partial charge in [-0.1, -0.05) is 26.7 Å². The smallest absolute Gasteiger partial charge is 0.227 e. The average Bonchev–Trinajstić information content (AvgIpc) is 2.67. The van der Waals surface area contributed by atoms with Gasteiger partial charge in [0.05, 0.1) is 17.5 Å². The van der Waals surface area contributed by atoms with E-state index in [1.807, 2.05) is 11.8 Å². The van der Waals surface area contributed by atoms with Gasteiger partial charge in [-0.25, -0.2) is 0 Å². The van der Waals surface area contributed by atoms with Crippen LogP contribution in [0.1, 0.15) is 39.5 Å². The second-order valence-electron chi connectivity index (χ2n) is 5.97. The van der Waals surface area contributed by atoms with Gasteiger partial charge in [-0.2, -0.15) is 0 Å². The largest absolute Gasteiger partial charge is 0.340 e. The molecule has 1 amide bonds. The van der Waals surface area contributed by atoms with Crippen molar-refractivity contribution in [3.63, 3.8) is 0 Å². The van der Waals surface area contributed by atoms with E-state index >= 15 is 0 Å². The Morgan fingerprint density at radius 2 is 2.06 bits per heavy atom. The third-order valence-corrected chi connectivity index (χ3v) is 6.13. The molecule has 4 heteroatoms. The summed E-state index contributed by atoms with van der Waals surface area (Å²) in [6.45, 7) is 4.32. The van der Waals surface area contributed by atoms with Crippen molar-refractivity contribution in [2.24, 2.45) is 17.8 Å². The molecule has 0 aromatic heterocycles. The number of thioether (sulfide) groups is 1. The van der Waals surface area contributed by atoms with Crippen molar-refractivity contribution < 1.29 is 4.79 Å². The first-order valence-electron chi connectivity index (χ1n) is 6.88. The molecule has 0 spiro atoms. The standard InChI is InChI=1S/C13H22N2OS/c1-7(2)11-14-12(16)10-8-5-3-4-6-9(8)17-13(10)15-11/h7-11,13,15H,3-6H2,1-2H3,(H,14,16). The lowest BCUT2D eigenvalue weighted by atomic mass is 9.78. The first-order chi connectivity index (χ1) is 8.16. The first-order valence-corrected chi connectivity index (χ1v) is 7.83. The molecule has 0 bridgehead atoms. The van der Waals surface area contributed by atoms with Crippen molar-refractivity contribution in [3.8, 4) is 0 Å². The summed E-state index contributed by atoms with van der Waals surface area (Å²) in [5.41, 5.74) is 0. The van der Waals surface area contributed by atoms with Crippen molar-refractivity contribution >= 4 is 17.7 Å². The first kappa shape index (κ1) is 11.8. The van der Waals surface area contributed by atoms with E-state index in [1.165, 1.54) is 25.7 Å². The van der Waals surface area contributed by atoms with Crippen LogP contribution < -0.4 is 10.6 Å². The number of carbonyl (C=O) groups excluding carboxylic acids is 1. The van der Waals surface area contributed by atoms with Gasteiger partial charge in [-0.15, -0.1) is 11.8 Å². The topological polar surface area (TPSA) is 41.1 Å². The second kappa shape index (κ2) is 4.47. The Balaban J connectivity index is 1.77. The summed E-state index contributed by atoms with van der Waals surface area (Å²) < 4.78 is 0. The fourth-order valence-electron chi connectivity index (χ4n) is 3.50. The minimum absolute atomic E-state index is 0.163. The third-order valence-electron chi connectivity index (χ3n) is 4.47. The van der Waals surface area contributed by atoms with Crippen LogP contribution in [0.15, 0.2) is 0 Å². The summed E-state index contributed by atoms with van der Waals surface area (Å²) >= 11 is 2.03. The quantitative estimate of drug-likeness (QED) is 0.751. The minimum Gasteiger partial charge on any atom is -0.340 e. The van der Waals surface area contributed by atoms with E-state index in [-0.39, 0.29) is 12.1 Å². The van der Waals surface area contributed by atoms with E-state index in [4.69, 9.17) is 0 Å². The maximum Gasteiger partial charge on any atom is 0.227 e. The molecule has 3 nitrogen and oxygen atoms in total. The Morgan fingerprint density at radius 1 is 1.29 bits per heavy atom. The van der Waals surface area contributed by atoms with Crippen molar-refractivity contribution in [1.82, 2.24) is 10.6 Å². The molecule has 2 heterocycles. The van der Waals surface area contributed by atoms with Gasteiger partial charge in [0, 0.05) is 5.25 Å². The lowest BCUT2D eigenvalue weighted by Crippen LogP contribution is -2.61. The van der Waals surface area contributed by atoms with Crippen molar-refractivity contribution in [3.05, 3.63) is 0 Å². The normalized spacial score (nSPS) is 45.4. The highest BCUT2D eigenvalue weighted by atomic mass is 32.2. The van der Waals surface area contributed by atoms with Crippen LogP contribution in [0, 0.1) is 17.8 Å². The Morgan fingerprint density at radius 3 is 2.82 bits per heavy atom. The highest BCUT2D eigenvalue weighted by Gasteiger charge is 2.51. The number of hydrogen-bond donors (Lipinski definition) is 2. The molecule has 0 aromatic rings. The van der Waals surface area contributed by atoms with Gasteiger partial charge in [-0.3, -0.25) is 10.1 Å². The lowest BCUT2D eigenvalue weighted by molar-refractivity contribution is -0.130. The zero-order valence-electron chi connectivity index (χ0n) is 10.6. The summed E-state index contributed by atoms with van der Waals surface area (Å²) in [4.78, 5) is 12.3. The molecule has 2 N–H and O–H groups in total. The lowest BCUT2D eigenvalue weighted by Gasteiger charge is -2.37. The molecule has 17 heavy (non-hydrogen) atoms. The average molecular weight is 254 g/mol. The van der Waals surface area contributed by atoms with Crippen molar-refractivity contribution in [2.75, 3.05) is 0 Å². The zero-order valence-corrected chi connectivity index (χ0v) is 11.4. The molecule has 2 saturated heterocycles. The molecule has 3 fully saturated rings. The molecule has 0 radical (unpaired) electrons. The second-order valence-corrected chi connectivity index (χ2v) is 7.35. The number of nitrogens with one attached hydrogen (secondary N) is 2. The molecule has 3 rings (SSSR count). The van der Waals surface area contributed by atoms with Crippen LogP contribution in [0.25, 0.3) is 0 Å². The minimum atomic E-state index is 0.163. The molecule has 5 unspecified atom stereocenters. The van der Waals surface area contributed by atoms with Crippen LogP contribution in [0.5, 0.6) is 0 Å². The van der Waals surface area contributed by atoms with Gasteiger partial charge in [0.2, 0.25) is 5.91 Å².